The Bertz CT molecular complexity index is 352. The minimum Gasteiger partial charge on any atom is -0.444 e. The first-order chi connectivity index (χ1) is 9.29. The van der Waals surface area contributed by atoms with E-state index in [0.717, 1.165) is 13.1 Å². The van der Waals surface area contributed by atoms with Crippen LogP contribution < -0.4 is 5.73 Å². The number of nitrogens with two attached hydrogens (primary N) is 1. The van der Waals surface area contributed by atoms with Crippen LogP contribution in [0.3, 0.4) is 0 Å². The molecule has 8 heteroatoms. The Kier molecular flexibility index (Phi) is 8.95. The number of aliphatic imine (C=N–C) groups is 1. The summed E-state index contributed by atoms with van der Waals surface area (Å²) < 4.78 is 10.5. The monoisotopic (exact) mass is 414 g/mol. The van der Waals surface area contributed by atoms with E-state index in [4.69, 9.17) is 15.2 Å². The van der Waals surface area contributed by atoms with Crippen LogP contribution in [0.15, 0.2) is 4.99 Å². The molecule has 0 spiro atoms. The van der Waals surface area contributed by atoms with E-state index in [1.807, 2.05) is 25.7 Å². The second kappa shape index (κ2) is 9.29. The van der Waals surface area contributed by atoms with E-state index in [1.54, 1.807) is 7.05 Å². The van der Waals surface area contributed by atoms with Gasteiger partial charge in [0.25, 0.3) is 0 Å². The topological polar surface area (TPSA) is 80.4 Å². The molecule has 0 unspecified atom stereocenters. The molecule has 0 aliphatic carbocycles. The molecule has 1 aliphatic rings. The van der Waals surface area contributed by atoms with E-state index < -0.39 is 5.60 Å². The van der Waals surface area contributed by atoms with Gasteiger partial charge < -0.3 is 25.0 Å². The summed E-state index contributed by atoms with van der Waals surface area (Å²) in [6.07, 6.45) is -0.349. The van der Waals surface area contributed by atoms with E-state index in [1.165, 1.54) is 4.90 Å². The van der Waals surface area contributed by atoms with Gasteiger partial charge in [0.05, 0.1) is 19.8 Å². The van der Waals surface area contributed by atoms with Crippen molar-refractivity contribution in [1.82, 2.24) is 9.80 Å². The Labute approximate surface area is 143 Å². The van der Waals surface area contributed by atoms with Gasteiger partial charge in [-0.05, 0) is 20.8 Å². The number of likely N-dealkylation sites (N-methyl/N-ethyl adjacent to an activating group) is 1. The SMILES string of the molecule is CN(CCN=C(N)N1CCOCC1)C(=O)OC(C)(C)C.I. The van der Waals surface area contributed by atoms with Gasteiger partial charge in [-0.2, -0.15) is 0 Å². The predicted molar refractivity (Wildman–Crippen MR) is 93.2 cm³/mol. The van der Waals surface area contributed by atoms with E-state index in [-0.39, 0.29) is 30.1 Å². The molecular weight excluding hydrogens is 387 g/mol. The first-order valence-electron chi connectivity index (χ1n) is 6.86. The van der Waals surface area contributed by atoms with Crippen molar-refractivity contribution in [2.24, 2.45) is 10.7 Å². The van der Waals surface area contributed by atoms with Crippen LogP contribution in [0.4, 0.5) is 4.79 Å². The van der Waals surface area contributed by atoms with Crippen LogP contribution in [0.2, 0.25) is 0 Å². The van der Waals surface area contributed by atoms with Crippen LogP contribution in [0, 0.1) is 0 Å². The number of hydrogen-bond acceptors (Lipinski definition) is 4. The molecule has 0 aromatic rings. The van der Waals surface area contributed by atoms with Gasteiger partial charge in [0.1, 0.15) is 5.60 Å². The molecule has 0 atom stereocenters. The van der Waals surface area contributed by atoms with Gasteiger partial charge in [-0.25, -0.2) is 4.79 Å². The molecule has 0 saturated carbocycles. The van der Waals surface area contributed by atoms with Crippen LogP contribution in [0.25, 0.3) is 0 Å². The molecule has 21 heavy (non-hydrogen) atoms. The van der Waals surface area contributed by atoms with Crippen molar-refractivity contribution in [2.75, 3.05) is 46.4 Å². The molecule has 2 N–H and O–H groups in total. The lowest BCUT2D eigenvalue weighted by Gasteiger charge is -2.28. The molecule has 1 aliphatic heterocycles. The van der Waals surface area contributed by atoms with Crippen LogP contribution in [0.1, 0.15) is 20.8 Å². The summed E-state index contributed by atoms with van der Waals surface area (Å²) in [4.78, 5) is 19.5. The highest BCUT2D eigenvalue weighted by atomic mass is 127. The van der Waals surface area contributed by atoms with Crippen molar-refractivity contribution < 1.29 is 14.3 Å². The normalized spacial score (nSPS) is 16.2. The number of rotatable bonds is 3. The van der Waals surface area contributed by atoms with Gasteiger partial charge in [0.2, 0.25) is 0 Å². The van der Waals surface area contributed by atoms with Gasteiger partial charge >= 0.3 is 6.09 Å². The van der Waals surface area contributed by atoms with Crippen molar-refractivity contribution in [3.05, 3.63) is 0 Å². The summed E-state index contributed by atoms with van der Waals surface area (Å²) in [6.45, 7) is 9.32. The molecule has 0 aromatic heterocycles. The molecular formula is C13H27IN4O3. The molecule has 1 amide bonds. The third kappa shape index (κ3) is 8.30. The predicted octanol–water partition coefficient (Wildman–Crippen LogP) is 1.12. The van der Waals surface area contributed by atoms with E-state index in [2.05, 4.69) is 4.99 Å². The second-order valence-corrected chi connectivity index (χ2v) is 5.74. The summed E-state index contributed by atoms with van der Waals surface area (Å²) in [5, 5.41) is 0. The van der Waals surface area contributed by atoms with E-state index >= 15 is 0 Å². The van der Waals surface area contributed by atoms with Crippen LogP contribution in [-0.4, -0.2) is 73.9 Å². The van der Waals surface area contributed by atoms with Gasteiger partial charge in [0.15, 0.2) is 5.96 Å². The first kappa shape index (κ1) is 20.2. The minimum atomic E-state index is -0.485. The lowest BCUT2D eigenvalue weighted by atomic mass is 10.2. The molecule has 0 bridgehead atoms. The zero-order valence-electron chi connectivity index (χ0n) is 13.3. The zero-order valence-corrected chi connectivity index (χ0v) is 15.6. The van der Waals surface area contributed by atoms with Gasteiger partial charge in [-0.15, -0.1) is 24.0 Å². The molecule has 1 fully saturated rings. The second-order valence-electron chi connectivity index (χ2n) is 5.74. The highest BCUT2D eigenvalue weighted by molar-refractivity contribution is 14.0. The van der Waals surface area contributed by atoms with Crippen molar-refractivity contribution in [3.8, 4) is 0 Å². The number of halogens is 1. The third-order valence-corrected chi connectivity index (χ3v) is 2.75. The van der Waals surface area contributed by atoms with Crippen LogP contribution in [0.5, 0.6) is 0 Å². The number of carbonyl (C=O) groups excluding carboxylic acids is 1. The Balaban J connectivity index is 0.00000400. The lowest BCUT2D eigenvalue weighted by molar-refractivity contribution is 0.0304. The lowest BCUT2D eigenvalue weighted by Crippen LogP contribution is -2.45. The van der Waals surface area contributed by atoms with E-state index in [9.17, 15) is 4.79 Å². The first-order valence-corrected chi connectivity index (χ1v) is 6.86. The Morgan fingerprint density at radius 2 is 1.95 bits per heavy atom. The average molecular weight is 414 g/mol. The fraction of sp³-hybridized carbons (Fsp3) is 0.846. The van der Waals surface area contributed by atoms with Crippen molar-refractivity contribution in [3.63, 3.8) is 0 Å². The van der Waals surface area contributed by atoms with Crippen LogP contribution >= 0.6 is 24.0 Å². The number of carbonyl (C=O) groups is 1. The summed E-state index contributed by atoms with van der Waals surface area (Å²) in [5.41, 5.74) is 5.41. The number of ether oxygens (including phenoxy) is 2. The Hall–Kier alpha value is -0.770. The van der Waals surface area contributed by atoms with Crippen molar-refractivity contribution in [1.29, 1.82) is 0 Å². The largest absolute Gasteiger partial charge is 0.444 e. The smallest absolute Gasteiger partial charge is 0.410 e. The Morgan fingerprint density at radius 1 is 1.38 bits per heavy atom. The van der Waals surface area contributed by atoms with Gasteiger partial charge in [0, 0.05) is 26.7 Å². The molecule has 1 rings (SSSR count). The quantitative estimate of drug-likeness (QED) is 0.425. The molecule has 7 nitrogen and oxygen atoms in total. The minimum absolute atomic E-state index is 0. The fourth-order valence-corrected chi connectivity index (χ4v) is 1.64. The molecule has 1 heterocycles. The summed E-state index contributed by atoms with van der Waals surface area (Å²) in [5.74, 6) is 0.505. The fourth-order valence-electron chi connectivity index (χ4n) is 1.64. The Morgan fingerprint density at radius 3 is 2.48 bits per heavy atom. The number of nitrogens with zero attached hydrogens (tertiary/aromatic N) is 3. The van der Waals surface area contributed by atoms with Gasteiger partial charge in [-0.3, -0.25) is 4.99 Å². The molecule has 124 valence electrons. The highest BCUT2D eigenvalue weighted by Gasteiger charge is 2.19. The number of morpholine rings is 1. The molecule has 0 radical (unpaired) electrons. The van der Waals surface area contributed by atoms with Crippen LogP contribution in [-0.2, 0) is 9.47 Å². The summed E-state index contributed by atoms with van der Waals surface area (Å²) >= 11 is 0. The maximum Gasteiger partial charge on any atom is 0.410 e. The number of guanidine groups is 1. The van der Waals surface area contributed by atoms with Crippen molar-refractivity contribution >= 4 is 36.0 Å². The van der Waals surface area contributed by atoms with Gasteiger partial charge in [-0.1, -0.05) is 0 Å². The number of amides is 1. The maximum atomic E-state index is 11.7. The molecule has 0 aromatic carbocycles. The summed E-state index contributed by atoms with van der Waals surface area (Å²) in [7, 11) is 1.69. The summed E-state index contributed by atoms with van der Waals surface area (Å²) in [6, 6.07) is 0. The standard InChI is InChI=1S/C13H26N4O3.HI/c1-13(2,3)20-12(18)16(4)6-5-15-11(14)17-7-9-19-10-8-17;/h5-10H2,1-4H3,(H2,14,15);1H. The van der Waals surface area contributed by atoms with Crippen molar-refractivity contribution in [2.45, 2.75) is 26.4 Å². The maximum absolute atomic E-state index is 11.7. The average Bonchev–Trinajstić information content (AvgIpc) is 2.37. The third-order valence-electron chi connectivity index (χ3n) is 2.75. The highest BCUT2D eigenvalue weighted by Crippen LogP contribution is 2.08. The van der Waals surface area contributed by atoms with E-state index in [0.29, 0.717) is 32.3 Å². The number of hydrogen-bond donors (Lipinski definition) is 1. The molecule has 1 saturated heterocycles. The zero-order chi connectivity index (χ0) is 15.2.